The average molecular weight is 405 g/mol. The molecule has 6 nitrogen and oxygen atoms in total. The summed E-state index contributed by atoms with van der Waals surface area (Å²) in [7, 11) is 0. The van der Waals surface area contributed by atoms with E-state index >= 15 is 0 Å². The Morgan fingerprint density at radius 1 is 1.10 bits per heavy atom. The molecule has 1 aliphatic heterocycles. The second kappa shape index (κ2) is 7.33. The molecule has 3 aromatic rings. The number of hydrogen-bond acceptors (Lipinski definition) is 5. The molecular weight excluding hydrogens is 386 g/mol. The van der Waals surface area contributed by atoms with Crippen LogP contribution in [0.5, 0.6) is 5.75 Å². The van der Waals surface area contributed by atoms with E-state index in [1.54, 1.807) is 18.2 Å². The number of fused-ring (bicyclic) bond motifs is 2. The van der Waals surface area contributed by atoms with Gasteiger partial charge in [-0.15, -0.1) is 11.3 Å². The third-order valence-electron chi connectivity index (χ3n) is 5.25. The quantitative estimate of drug-likeness (QED) is 0.682. The number of carbonyl (C=O) groups excluding carboxylic acids is 2. The van der Waals surface area contributed by atoms with Gasteiger partial charge in [-0.3, -0.25) is 14.9 Å². The molecule has 2 N–H and O–H groups in total. The van der Waals surface area contributed by atoms with Gasteiger partial charge in [-0.2, -0.15) is 0 Å². The van der Waals surface area contributed by atoms with Crippen LogP contribution in [-0.4, -0.2) is 23.4 Å². The van der Waals surface area contributed by atoms with Crippen molar-refractivity contribution in [3.8, 4) is 17.0 Å². The van der Waals surface area contributed by atoms with Crippen LogP contribution in [0.25, 0.3) is 11.3 Å². The number of nitrogens with one attached hydrogen (secondary N) is 2. The van der Waals surface area contributed by atoms with Gasteiger partial charge in [0.2, 0.25) is 0 Å². The van der Waals surface area contributed by atoms with Crippen LogP contribution in [0, 0.1) is 0 Å². The lowest BCUT2D eigenvalue weighted by Crippen LogP contribution is -2.25. The summed E-state index contributed by atoms with van der Waals surface area (Å²) in [6.07, 6.45) is 4.78. The van der Waals surface area contributed by atoms with E-state index in [4.69, 9.17) is 4.74 Å². The van der Waals surface area contributed by atoms with E-state index in [0.717, 1.165) is 24.1 Å². The monoisotopic (exact) mass is 405 g/mol. The molecule has 2 heterocycles. The van der Waals surface area contributed by atoms with Crippen molar-refractivity contribution in [3.05, 3.63) is 58.5 Å². The second-order valence-corrected chi connectivity index (χ2v) is 8.09. The van der Waals surface area contributed by atoms with Gasteiger partial charge in [-0.05, 0) is 61.1 Å². The molecule has 0 unspecified atom stereocenters. The van der Waals surface area contributed by atoms with Gasteiger partial charge >= 0.3 is 0 Å². The third-order valence-corrected chi connectivity index (χ3v) is 6.00. The van der Waals surface area contributed by atoms with E-state index in [1.807, 2.05) is 5.38 Å². The number of aromatic nitrogens is 1. The van der Waals surface area contributed by atoms with Crippen molar-refractivity contribution in [2.75, 3.05) is 17.2 Å². The maximum Gasteiger partial charge on any atom is 0.262 e. The van der Waals surface area contributed by atoms with Gasteiger partial charge in [-0.25, -0.2) is 4.98 Å². The molecule has 2 aliphatic rings. The maximum absolute atomic E-state index is 12.6. The highest BCUT2D eigenvalue weighted by atomic mass is 32.1. The van der Waals surface area contributed by atoms with Crippen molar-refractivity contribution in [2.24, 2.45) is 0 Å². The summed E-state index contributed by atoms with van der Waals surface area (Å²) < 4.78 is 5.38. The Morgan fingerprint density at radius 2 is 1.97 bits per heavy atom. The van der Waals surface area contributed by atoms with Crippen LogP contribution in [0.4, 0.5) is 10.8 Å². The first-order valence-corrected chi connectivity index (χ1v) is 10.5. The third kappa shape index (κ3) is 3.61. The van der Waals surface area contributed by atoms with Gasteiger partial charge in [-0.1, -0.05) is 12.1 Å². The number of thiazole rings is 1. The number of nitrogens with zero attached hydrogens (tertiary/aromatic N) is 1. The second-order valence-electron chi connectivity index (χ2n) is 7.23. The van der Waals surface area contributed by atoms with Crippen molar-refractivity contribution in [1.29, 1.82) is 0 Å². The normalized spacial score (nSPS) is 15.0. The predicted molar refractivity (Wildman–Crippen MR) is 113 cm³/mol. The molecule has 0 fully saturated rings. The molecule has 146 valence electrons. The molecular formula is C22H19N3O3S. The zero-order valence-corrected chi connectivity index (χ0v) is 16.5. The number of rotatable bonds is 3. The van der Waals surface area contributed by atoms with Gasteiger partial charge in [0.05, 0.1) is 11.4 Å². The predicted octanol–water partition coefficient (Wildman–Crippen LogP) is 4.27. The fraction of sp³-hybridized carbons (Fsp3) is 0.227. The molecule has 0 bridgehead atoms. The Morgan fingerprint density at radius 3 is 2.86 bits per heavy atom. The lowest BCUT2D eigenvalue weighted by molar-refractivity contribution is -0.118. The average Bonchev–Trinajstić information content (AvgIpc) is 3.21. The number of ether oxygens (including phenoxy) is 1. The summed E-state index contributed by atoms with van der Waals surface area (Å²) in [4.78, 5) is 28.6. The number of amides is 2. The van der Waals surface area contributed by atoms with E-state index in [2.05, 4.69) is 33.8 Å². The first-order valence-electron chi connectivity index (χ1n) is 9.61. The first kappa shape index (κ1) is 17.9. The molecule has 29 heavy (non-hydrogen) atoms. The highest BCUT2D eigenvalue weighted by Gasteiger charge is 2.19. The topological polar surface area (TPSA) is 80.3 Å². The zero-order valence-electron chi connectivity index (χ0n) is 15.7. The molecule has 0 saturated heterocycles. The van der Waals surface area contributed by atoms with Crippen molar-refractivity contribution >= 4 is 34.0 Å². The Hall–Kier alpha value is -3.19. The maximum atomic E-state index is 12.6. The van der Waals surface area contributed by atoms with Crippen molar-refractivity contribution in [2.45, 2.75) is 25.7 Å². The fourth-order valence-corrected chi connectivity index (χ4v) is 4.46. The van der Waals surface area contributed by atoms with Gasteiger partial charge < -0.3 is 10.1 Å². The Kier molecular flexibility index (Phi) is 4.52. The van der Waals surface area contributed by atoms with E-state index in [-0.39, 0.29) is 18.4 Å². The molecule has 5 rings (SSSR count). The Bertz CT molecular complexity index is 1120. The summed E-state index contributed by atoms with van der Waals surface area (Å²) in [5.41, 5.74) is 5.82. The molecule has 0 radical (unpaired) electrons. The lowest BCUT2D eigenvalue weighted by Gasteiger charge is -2.18. The van der Waals surface area contributed by atoms with Gasteiger partial charge in [0.25, 0.3) is 11.8 Å². The van der Waals surface area contributed by atoms with Crippen LogP contribution in [-0.2, 0) is 17.6 Å². The van der Waals surface area contributed by atoms with E-state index in [0.29, 0.717) is 22.1 Å². The van der Waals surface area contributed by atoms with Crippen LogP contribution in [0.15, 0.2) is 41.8 Å². The van der Waals surface area contributed by atoms with Crippen LogP contribution < -0.4 is 15.4 Å². The lowest BCUT2D eigenvalue weighted by atomic mass is 9.90. The van der Waals surface area contributed by atoms with Gasteiger partial charge in [0, 0.05) is 16.5 Å². The molecule has 2 aromatic carbocycles. The fourth-order valence-electron chi connectivity index (χ4n) is 3.74. The summed E-state index contributed by atoms with van der Waals surface area (Å²) >= 11 is 1.40. The highest BCUT2D eigenvalue weighted by molar-refractivity contribution is 7.14. The molecule has 0 atom stereocenters. The van der Waals surface area contributed by atoms with Crippen LogP contribution >= 0.6 is 11.3 Å². The molecule has 7 heteroatoms. The highest BCUT2D eigenvalue weighted by Crippen LogP contribution is 2.31. The van der Waals surface area contributed by atoms with Crippen molar-refractivity contribution in [3.63, 3.8) is 0 Å². The summed E-state index contributed by atoms with van der Waals surface area (Å²) in [6, 6.07) is 11.5. The first-order chi connectivity index (χ1) is 14.2. The standard InChI is InChI=1S/C22H19N3O3S/c26-20-11-28-19-10-16(7-8-17(19)23-20)21(27)25-22-24-18(12-29-22)15-6-5-13-3-1-2-4-14(13)9-15/h5-10,12H,1-4,11H2,(H,23,26)(H,24,25,27). The summed E-state index contributed by atoms with van der Waals surface area (Å²) in [5.74, 6) is 0.0259. The minimum Gasteiger partial charge on any atom is -0.482 e. The molecule has 1 aliphatic carbocycles. The SMILES string of the molecule is O=C1COc2cc(C(=O)Nc3nc(-c4ccc5c(c4)CCCC5)cs3)ccc2N1. The minimum absolute atomic E-state index is 0.0469. The molecule has 0 spiro atoms. The number of carbonyl (C=O) groups is 2. The Labute approximate surface area is 171 Å². The van der Waals surface area contributed by atoms with Crippen LogP contribution in [0.2, 0.25) is 0 Å². The summed E-state index contributed by atoms with van der Waals surface area (Å²) in [5, 5.41) is 8.08. The zero-order chi connectivity index (χ0) is 19.8. The summed E-state index contributed by atoms with van der Waals surface area (Å²) in [6.45, 7) is -0.0469. The van der Waals surface area contributed by atoms with E-state index in [1.165, 1.54) is 35.3 Å². The van der Waals surface area contributed by atoms with E-state index < -0.39 is 0 Å². The van der Waals surface area contributed by atoms with Gasteiger partial charge in [0.1, 0.15) is 5.75 Å². The minimum atomic E-state index is -0.264. The number of anilines is 2. The van der Waals surface area contributed by atoms with Crippen LogP contribution in [0.3, 0.4) is 0 Å². The number of benzene rings is 2. The Balaban J connectivity index is 1.32. The van der Waals surface area contributed by atoms with E-state index in [9.17, 15) is 9.59 Å². The van der Waals surface area contributed by atoms with Crippen molar-refractivity contribution < 1.29 is 14.3 Å². The van der Waals surface area contributed by atoms with Crippen LogP contribution in [0.1, 0.15) is 34.3 Å². The number of hydrogen-bond donors (Lipinski definition) is 2. The molecule has 2 amide bonds. The molecule has 0 saturated carbocycles. The van der Waals surface area contributed by atoms with Gasteiger partial charge in [0.15, 0.2) is 11.7 Å². The largest absolute Gasteiger partial charge is 0.482 e. The smallest absolute Gasteiger partial charge is 0.262 e. The number of aryl methyl sites for hydroxylation is 2. The van der Waals surface area contributed by atoms with Crippen molar-refractivity contribution in [1.82, 2.24) is 4.98 Å². The molecule has 1 aromatic heterocycles.